The number of fused-ring (bicyclic) bond motifs is 1. The molecule has 0 atom stereocenters. The molecule has 0 fully saturated rings. The van der Waals surface area contributed by atoms with Crippen molar-refractivity contribution >= 4 is 11.0 Å². The normalized spacial score (nSPS) is 10.9. The van der Waals surface area contributed by atoms with Crippen LogP contribution in [0.25, 0.3) is 11.0 Å². The van der Waals surface area contributed by atoms with E-state index in [0.29, 0.717) is 6.54 Å². The van der Waals surface area contributed by atoms with E-state index in [4.69, 9.17) is 0 Å². The molecule has 1 aromatic carbocycles. The number of rotatable bonds is 2. The van der Waals surface area contributed by atoms with Crippen molar-refractivity contribution in [2.45, 2.75) is 20.4 Å². The molecule has 0 aliphatic rings. The summed E-state index contributed by atoms with van der Waals surface area (Å²) < 4.78 is 1.73. The van der Waals surface area contributed by atoms with E-state index >= 15 is 0 Å². The zero-order valence-corrected chi connectivity index (χ0v) is 11.6. The Bertz CT molecular complexity index is 820. The SMILES string of the molecule is Cc1cnc2c(ccc(=O)n2Cc2ccccc2)c1C. The van der Waals surface area contributed by atoms with Gasteiger partial charge in [-0.25, -0.2) is 4.98 Å². The topological polar surface area (TPSA) is 34.9 Å². The number of hydrogen-bond acceptors (Lipinski definition) is 2. The summed E-state index contributed by atoms with van der Waals surface area (Å²) in [4.78, 5) is 16.6. The van der Waals surface area contributed by atoms with Crippen LogP contribution >= 0.6 is 0 Å². The lowest BCUT2D eigenvalue weighted by molar-refractivity contribution is 0.782. The van der Waals surface area contributed by atoms with Crippen molar-refractivity contribution in [2.75, 3.05) is 0 Å². The Morgan fingerprint density at radius 1 is 1.05 bits per heavy atom. The highest BCUT2D eigenvalue weighted by Gasteiger charge is 2.08. The standard InChI is InChI=1S/C17H16N2O/c1-12-10-18-17-15(13(12)2)8-9-16(20)19(17)11-14-6-4-3-5-7-14/h3-10H,11H2,1-2H3. The minimum atomic E-state index is -0.0166. The number of hydrogen-bond donors (Lipinski definition) is 0. The molecule has 3 rings (SSSR count). The Morgan fingerprint density at radius 2 is 1.80 bits per heavy atom. The maximum atomic E-state index is 12.2. The first kappa shape index (κ1) is 12.6. The van der Waals surface area contributed by atoms with Crippen LogP contribution in [0.3, 0.4) is 0 Å². The summed E-state index contributed by atoms with van der Waals surface area (Å²) in [6.45, 7) is 4.65. The molecule has 0 N–H and O–H groups in total. The fraction of sp³-hybridized carbons (Fsp3) is 0.176. The van der Waals surface area contributed by atoms with Gasteiger partial charge in [-0.05, 0) is 36.6 Å². The Hall–Kier alpha value is -2.42. The summed E-state index contributed by atoms with van der Waals surface area (Å²) in [5, 5.41) is 1.04. The smallest absolute Gasteiger partial charge is 0.252 e. The minimum Gasteiger partial charge on any atom is -0.288 e. The first-order valence-corrected chi connectivity index (χ1v) is 6.66. The van der Waals surface area contributed by atoms with E-state index in [1.54, 1.807) is 10.6 Å². The monoisotopic (exact) mass is 264 g/mol. The Kier molecular flexibility index (Phi) is 3.11. The van der Waals surface area contributed by atoms with Gasteiger partial charge < -0.3 is 0 Å². The van der Waals surface area contributed by atoms with E-state index in [9.17, 15) is 4.79 Å². The Balaban J connectivity index is 2.22. The van der Waals surface area contributed by atoms with Crippen molar-refractivity contribution < 1.29 is 0 Å². The first-order valence-electron chi connectivity index (χ1n) is 6.66. The average molecular weight is 264 g/mol. The van der Waals surface area contributed by atoms with Gasteiger partial charge >= 0.3 is 0 Å². The van der Waals surface area contributed by atoms with E-state index in [1.807, 2.05) is 49.5 Å². The van der Waals surface area contributed by atoms with Crippen LogP contribution in [0.4, 0.5) is 0 Å². The molecule has 0 saturated heterocycles. The summed E-state index contributed by atoms with van der Waals surface area (Å²) in [5.74, 6) is 0. The van der Waals surface area contributed by atoms with E-state index in [-0.39, 0.29) is 5.56 Å². The van der Waals surface area contributed by atoms with Crippen LogP contribution in [0.15, 0.2) is 53.5 Å². The predicted octanol–water partition coefficient (Wildman–Crippen LogP) is 3.06. The molecule has 0 bridgehead atoms. The zero-order valence-electron chi connectivity index (χ0n) is 11.6. The molecule has 0 aliphatic heterocycles. The quantitative estimate of drug-likeness (QED) is 0.713. The number of pyridine rings is 2. The van der Waals surface area contributed by atoms with E-state index < -0.39 is 0 Å². The molecule has 0 spiro atoms. The molecule has 3 nitrogen and oxygen atoms in total. The van der Waals surface area contributed by atoms with Crippen molar-refractivity contribution in [1.29, 1.82) is 0 Å². The second kappa shape index (κ2) is 4.93. The molecule has 0 aliphatic carbocycles. The molecule has 3 aromatic rings. The van der Waals surface area contributed by atoms with Gasteiger partial charge in [0.15, 0.2) is 0 Å². The lowest BCUT2D eigenvalue weighted by Crippen LogP contribution is -2.21. The number of aryl methyl sites for hydroxylation is 2. The summed E-state index contributed by atoms with van der Waals surface area (Å²) >= 11 is 0. The lowest BCUT2D eigenvalue weighted by atomic mass is 10.1. The van der Waals surface area contributed by atoms with Crippen LogP contribution in [0, 0.1) is 13.8 Å². The molecule has 20 heavy (non-hydrogen) atoms. The van der Waals surface area contributed by atoms with Crippen LogP contribution in [0.1, 0.15) is 16.7 Å². The van der Waals surface area contributed by atoms with Gasteiger partial charge in [0.25, 0.3) is 5.56 Å². The minimum absolute atomic E-state index is 0.0166. The number of benzene rings is 1. The van der Waals surface area contributed by atoms with E-state index in [0.717, 1.165) is 22.2 Å². The molecule has 2 heterocycles. The predicted molar refractivity (Wildman–Crippen MR) is 81.0 cm³/mol. The molecular weight excluding hydrogens is 248 g/mol. The maximum Gasteiger partial charge on any atom is 0.252 e. The fourth-order valence-electron chi connectivity index (χ4n) is 2.39. The van der Waals surface area contributed by atoms with E-state index in [2.05, 4.69) is 11.9 Å². The van der Waals surface area contributed by atoms with Crippen molar-refractivity contribution in [3.05, 3.63) is 75.7 Å². The fourth-order valence-corrected chi connectivity index (χ4v) is 2.39. The van der Waals surface area contributed by atoms with Gasteiger partial charge in [0.05, 0.1) is 6.54 Å². The molecule has 0 radical (unpaired) electrons. The first-order chi connectivity index (χ1) is 9.66. The van der Waals surface area contributed by atoms with Crippen molar-refractivity contribution in [3.8, 4) is 0 Å². The van der Waals surface area contributed by atoms with Crippen molar-refractivity contribution in [2.24, 2.45) is 0 Å². The van der Waals surface area contributed by atoms with Crippen molar-refractivity contribution in [1.82, 2.24) is 9.55 Å². The molecule has 2 aromatic heterocycles. The third-order valence-electron chi connectivity index (χ3n) is 3.71. The van der Waals surface area contributed by atoms with Crippen LogP contribution in [0.5, 0.6) is 0 Å². The van der Waals surface area contributed by atoms with E-state index in [1.165, 1.54) is 5.56 Å². The number of nitrogens with zero attached hydrogens (tertiary/aromatic N) is 2. The van der Waals surface area contributed by atoms with Gasteiger partial charge in [-0.1, -0.05) is 30.3 Å². The summed E-state index contributed by atoms with van der Waals surface area (Å²) in [5.41, 5.74) is 4.16. The van der Waals surface area contributed by atoms with Crippen LogP contribution in [0.2, 0.25) is 0 Å². The lowest BCUT2D eigenvalue weighted by Gasteiger charge is -2.11. The molecule has 3 heteroatoms. The van der Waals surface area contributed by atoms with Gasteiger partial charge in [0.1, 0.15) is 5.65 Å². The van der Waals surface area contributed by atoms with Crippen molar-refractivity contribution in [3.63, 3.8) is 0 Å². The third-order valence-corrected chi connectivity index (χ3v) is 3.71. The zero-order chi connectivity index (χ0) is 14.1. The highest BCUT2D eigenvalue weighted by Crippen LogP contribution is 2.18. The Morgan fingerprint density at radius 3 is 2.55 bits per heavy atom. The second-order valence-electron chi connectivity index (χ2n) is 5.05. The Labute approximate surface area is 117 Å². The molecule has 100 valence electrons. The molecular formula is C17H16N2O. The molecule has 0 unspecified atom stereocenters. The highest BCUT2D eigenvalue weighted by atomic mass is 16.1. The van der Waals surface area contributed by atoms with Crippen LogP contribution in [-0.4, -0.2) is 9.55 Å². The summed E-state index contributed by atoms with van der Waals surface area (Å²) in [6.07, 6.45) is 1.83. The van der Waals surface area contributed by atoms with Gasteiger partial charge in [-0.15, -0.1) is 0 Å². The van der Waals surface area contributed by atoms with Crippen LogP contribution in [-0.2, 0) is 6.54 Å². The second-order valence-corrected chi connectivity index (χ2v) is 5.05. The van der Waals surface area contributed by atoms with Crippen LogP contribution < -0.4 is 5.56 Å². The average Bonchev–Trinajstić information content (AvgIpc) is 2.47. The molecule has 0 saturated carbocycles. The van der Waals surface area contributed by atoms with Gasteiger partial charge in [-0.3, -0.25) is 9.36 Å². The van der Waals surface area contributed by atoms with Gasteiger partial charge in [-0.2, -0.15) is 0 Å². The van der Waals surface area contributed by atoms with Gasteiger partial charge in [0, 0.05) is 17.6 Å². The van der Waals surface area contributed by atoms with Gasteiger partial charge in [0.2, 0.25) is 0 Å². The highest BCUT2D eigenvalue weighted by molar-refractivity contribution is 5.79. The third kappa shape index (κ3) is 2.11. The molecule has 0 amide bonds. The maximum absolute atomic E-state index is 12.2. The summed E-state index contributed by atoms with van der Waals surface area (Å²) in [7, 11) is 0. The largest absolute Gasteiger partial charge is 0.288 e. The number of aromatic nitrogens is 2. The summed E-state index contributed by atoms with van der Waals surface area (Å²) in [6, 6.07) is 13.5.